The fraction of sp³-hybridized carbons (Fsp3) is 0.945. The molecule has 0 aromatic heterocycles. The number of esters is 3. The van der Waals surface area contributed by atoms with Crippen molar-refractivity contribution in [1.82, 2.24) is 0 Å². The normalized spacial score (nSPS) is 12.6. The van der Waals surface area contributed by atoms with Crippen LogP contribution in [0.25, 0.3) is 0 Å². The molecule has 0 aromatic rings. The maximum atomic E-state index is 12.8. The lowest BCUT2D eigenvalue weighted by atomic mass is 9.99. The summed E-state index contributed by atoms with van der Waals surface area (Å²) in [7, 11) is 0. The number of unbranched alkanes of at least 4 members (excludes halogenated alkanes) is 30. The predicted octanol–water partition coefficient (Wildman–Crippen LogP) is 17.6. The summed E-state index contributed by atoms with van der Waals surface area (Å²) in [6, 6.07) is 0. The molecule has 0 radical (unpaired) electrons. The number of ether oxygens (including phenoxy) is 3. The van der Waals surface area contributed by atoms with Crippen molar-refractivity contribution in [2.24, 2.45) is 17.8 Å². The summed E-state index contributed by atoms with van der Waals surface area (Å²) in [5, 5.41) is 0. The first kappa shape index (κ1) is 59.4. The first-order chi connectivity index (χ1) is 29.6. The summed E-state index contributed by atoms with van der Waals surface area (Å²) in [6.45, 7) is 13.7. The van der Waals surface area contributed by atoms with Crippen molar-refractivity contribution in [3.8, 4) is 0 Å². The van der Waals surface area contributed by atoms with Gasteiger partial charge in [-0.05, 0) is 37.0 Å². The number of hydrogen-bond acceptors (Lipinski definition) is 6. The Balaban J connectivity index is 4.31. The zero-order valence-electron chi connectivity index (χ0n) is 42.0. The Morgan fingerprint density at radius 1 is 0.328 bits per heavy atom. The third-order valence-electron chi connectivity index (χ3n) is 12.8. The molecule has 0 amide bonds. The van der Waals surface area contributed by atoms with E-state index in [4.69, 9.17) is 14.2 Å². The molecule has 0 N–H and O–H groups in total. The molecular weight excluding hydrogens is 757 g/mol. The average Bonchev–Trinajstić information content (AvgIpc) is 3.23. The highest BCUT2D eigenvalue weighted by Gasteiger charge is 2.19. The van der Waals surface area contributed by atoms with Gasteiger partial charge in [0.1, 0.15) is 13.2 Å². The number of carbonyl (C=O) groups is 3. The zero-order chi connectivity index (χ0) is 44.9. The third kappa shape index (κ3) is 47.7. The topological polar surface area (TPSA) is 78.9 Å². The standard InChI is InChI=1S/C55H106O6/c1-7-51(6)43-37-31-25-21-22-27-33-39-45-54(57)60-48-52(61-55(58)46-40-34-28-20-16-12-14-18-24-30-36-42-50(4)5)47-59-53(56)44-38-32-26-19-15-11-9-8-10-13-17-23-29-35-41-49(2)3/h49-52H,7-48H2,1-6H3/t51?,52-/m0/s1. The minimum Gasteiger partial charge on any atom is -0.462 e. The van der Waals surface area contributed by atoms with Gasteiger partial charge in [-0.15, -0.1) is 0 Å². The summed E-state index contributed by atoms with van der Waals surface area (Å²) in [5.74, 6) is 1.67. The number of hydrogen-bond donors (Lipinski definition) is 0. The van der Waals surface area contributed by atoms with E-state index in [0.717, 1.165) is 75.5 Å². The van der Waals surface area contributed by atoms with Gasteiger partial charge in [0.15, 0.2) is 6.10 Å². The second-order valence-electron chi connectivity index (χ2n) is 20.1. The quantitative estimate of drug-likeness (QED) is 0.0344. The maximum absolute atomic E-state index is 12.8. The Morgan fingerprint density at radius 3 is 0.852 bits per heavy atom. The Labute approximate surface area is 380 Å². The van der Waals surface area contributed by atoms with E-state index in [2.05, 4.69) is 41.5 Å². The molecule has 6 nitrogen and oxygen atoms in total. The lowest BCUT2D eigenvalue weighted by Crippen LogP contribution is -2.30. The predicted molar refractivity (Wildman–Crippen MR) is 261 cm³/mol. The summed E-state index contributed by atoms with van der Waals surface area (Å²) in [6.07, 6.45) is 46.6. The van der Waals surface area contributed by atoms with Gasteiger partial charge in [0.25, 0.3) is 0 Å². The van der Waals surface area contributed by atoms with Crippen LogP contribution >= 0.6 is 0 Å². The molecule has 2 atom stereocenters. The molecule has 0 aliphatic heterocycles. The molecule has 0 fully saturated rings. The second kappa shape index (κ2) is 46.4. The second-order valence-corrected chi connectivity index (χ2v) is 20.1. The van der Waals surface area contributed by atoms with E-state index in [9.17, 15) is 14.4 Å². The van der Waals surface area contributed by atoms with Crippen molar-refractivity contribution in [2.45, 2.75) is 304 Å². The summed E-state index contributed by atoms with van der Waals surface area (Å²) < 4.78 is 16.8. The van der Waals surface area contributed by atoms with Crippen LogP contribution in [-0.2, 0) is 28.6 Å². The van der Waals surface area contributed by atoms with Crippen LogP contribution in [0.3, 0.4) is 0 Å². The van der Waals surface area contributed by atoms with Gasteiger partial charge in [0.2, 0.25) is 0 Å². The summed E-state index contributed by atoms with van der Waals surface area (Å²) in [5.41, 5.74) is 0. The van der Waals surface area contributed by atoms with Gasteiger partial charge in [0.05, 0.1) is 0 Å². The molecule has 0 rings (SSSR count). The Hall–Kier alpha value is -1.59. The fourth-order valence-corrected chi connectivity index (χ4v) is 8.26. The monoisotopic (exact) mass is 863 g/mol. The van der Waals surface area contributed by atoms with Crippen LogP contribution in [0, 0.1) is 17.8 Å². The van der Waals surface area contributed by atoms with Crippen LogP contribution in [0.2, 0.25) is 0 Å². The summed E-state index contributed by atoms with van der Waals surface area (Å²) in [4.78, 5) is 38.0. The Bertz CT molecular complexity index is 947. The van der Waals surface area contributed by atoms with Gasteiger partial charge in [-0.1, -0.05) is 260 Å². The molecule has 0 aliphatic carbocycles. The largest absolute Gasteiger partial charge is 0.462 e. The van der Waals surface area contributed by atoms with Crippen LogP contribution in [0.15, 0.2) is 0 Å². The molecule has 0 aliphatic rings. The van der Waals surface area contributed by atoms with E-state index >= 15 is 0 Å². The van der Waals surface area contributed by atoms with Crippen molar-refractivity contribution < 1.29 is 28.6 Å². The highest BCUT2D eigenvalue weighted by atomic mass is 16.6. The highest BCUT2D eigenvalue weighted by molar-refractivity contribution is 5.71. The first-order valence-corrected chi connectivity index (χ1v) is 27.1. The van der Waals surface area contributed by atoms with Crippen LogP contribution in [0.4, 0.5) is 0 Å². The van der Waals surface area contributed by atoms with E-state index < -0.39 is 6.10 Å². The Kier molecular flexibility index (Phi) is 45.2. The van der Waals surface area contributed by atoms with Gasteiger partial charge in [-0.2, -0.15) is 0 Å². The van der Waals surface area contributed by atoms with Gasteiger partial charge in [0, 0.05) is 19.3 Å². The van der Waals surface area contributed by atoms with Gasteiger partial charge < -0.3 is 14.2 Å². The molecule has 0 bridgehead atoms. The molecule has 0 spiro atoms. The van der Waals surface area contributed by atoms with E-state index in [1.165, 1.54) is 180 Å². The van der Waals surface area contributed by atoms with Crippen molar-refractivity contribution in [3.63, 3.8) is 0 Å². The third-order valence-corrected chi connectivity index (χ3v) is 12.8. The Morgan fingerprint density at radius 2 is 0.574 bits per heavy atom. The SMILES string of the molecule is CCC(C)CCCCCCCCCCC(=O)OC[C@H](COC(=O)CCCCCCCCCCCCCCCCC(C)C)OC(=O)CCCCCCCCCCCCCC(C)C. The number of rotatable bonds is 48. The van der Waals surface area contributed by atoms with Crippen LogP contribution < -0.4 is 0 Å². The van der Waals surface area contributed by atoms with Crippen molar-refractivity contribution >= 4 is 17.9 Å². The molecule has 0 saturated carbocycles. The van der Waals surface area contributed by atoms with E-state index in [0.29, 0.717) is 19.3 Å². The molecule has 362 valence electrons. The van der Waals surface area contributed by atoms with Crippen molar-refractivity contribution in [2.75, 3.05) is 13.2 Å². The van der Waals surface area contributed by atoms with Crippen LogP contribution in [0.1, 0.15) is 298 Å². The minimum absolute atomic E-state index is 0.0644. The van der Waals surface area contributed by atoms with Crippen molar-refractivity contribution in [1.29, 1.82) is 0 Å². The van der Waals surface area contributed by atoms with Gasteiger partial charge >= 0.3 is 17.9 Å². The maximum Gasteiger partial charge on any atom is 0.306 e. The molecule has 0 heterocycles. The molecule has 1 unspecified atom stereocenters. The summed E-state index contributed by atoms with van der Waals surface area (Å²) >= 11 is 0. The van der Waals surface area contributed by atoms with Crippen LogP contribution in [-0.4, -0.2) is 37.2 Å². The molecule has 6 heteroatoms. The van der Waals surface area contributed by atoms with E-state index in [1.807, 2.05) is 0 Å². The minimum atomic E-state index is -0.763. The van der Waals surface area contributed by atoms with Gasteiger partial charge in [-0.25, -0.2) is 0 Å². The lowest BCUT2D eigenvalue weighted by molar-refractivity contribution is -0.167. The molecule has 0 saturated heterocycles. The average molecular weight is 863 g/mol. The zero-order valence-corrected chi connectivity index (χ0v) is 42.0. The molecule has 0 aromatic carbocycles. The molecular formula is C55H106O6. The van der Waals surface area contributed by atoms with Gasteiger partial charge in [-0.3, -0.25) is 14.4 Å². The number of carbonyl (C=O) groups excluding carboxylic acids is 3. The van der Waals surface area contributed by atoms with Crippen LogP contribution in [0.5, 0.6) is 0 Å². The smallest absolute Gasteiger partial charge is 0.306 e. The first-order valence-electron chi connectivity index (χ1n) is 27.1. The lowest BCUT2D eigenvalue weighted by Gasteiger charge is -2.18. The highest BCUT2D eigenvalue weighted by Crippen LogP contribution is 2.18. The molecule has 61 heavy (non-hydrogen) atoms. The van der Waals surface area contributed by atoms with E-state index in [1.54, 1.807) is 0 Å². The fourth-order valence-electron chi connectivity index (χ4n) is 8.26. The van der Waals surface area contributed by atoms with Crippen molar-refractivity contribution in [3.05, 3.63) is 0 Å². The van der Waals surface area contributed by atoms with E-state index in [-0.39, 0.29) is 31.1 Å².